The van der Waals surface area contributed by atoms with Gasteiger partial charge in [0.15, 0.2) is 0 Å². The van der Waals surface area contributed by atoms with Gasteiger partial charge in [0.1, 0.15) is 11.4 Å². The maximum atomic E-state index is 11.6. The fourth-order valence-corrected chi connectivity index (χ4v) is 1.97. The van der Waals surface area contributed by atoms with Crippen molar-refractivity contribution in [1.82, 2.24) is 9.78 Å². The molecule has 0 aliphatic rings. The van der Waals surface area contributed by atoms with Crippen LogP contribution in [0.4, 0.5) is 0 Å². The molecule has 0 spiro atoms. The second-order valence-electron chi connectivity index (χ2n) is 4.07. The van der Waals surface area contributed by atoms with E-state index in [9.17, 15) is 4.79 Å². The van der Waals surface area contributed by atoms with Gasteiger partial charge in [-0.2, -0.15) is 5.10 Å². The lowest BCUT2D eigenvalue weighted by Crippen LogP contribution is -2.17. The standard InChI is InChI=1S/C14H15ClN2O2/c1-3-19-12-6-4-11(5-7-12)17-10(2)8-14(18)13(9-15)16-17/h4-8H,3,9H2,1-2H3. The Morgan fingerprint density at radius 1 is 1.32 bits per heavy atom. The smallest absolute Gasteiger partial charge is 0.204 e. The van der Waals surface area contributed by atoms with Crippen LogP contribution in [-0.2, 0) is 5.88 Å². The number of ether oxygens (including phenoxy) is 1. The van der Waals surface area contributed by atoms with Crippen LogP contribution in [0, 0.1) is 6.92 Å². The lowest BCUT2D eigenvalue weighted by atomic mass is 10.2. The maximum absolute atomic E-state index is 11.6. The summed E-state index contributed by atoms with van der Waals surface area (Å²) in [4.78, 5) is 11.6. The molecule has 0 atom stereocenters. The topological polar surface area (TPSA) is 44.1 Å². The average Bonchev–Trinajstić information content (AvgIpc) is 2.41. The van der Waals surface area contributed by atoms with Gasteiger partial charge in [-0.1, -0.05) is 0 Å². The molecule has 0 radical (unpaired) electrons. The largest absolute Gasteiger partial charge is 0.494 e. The summed E-state index contributed by atoms with van der Waals surface area (Å²) < 4.78 is 7.09. The molecule has 0 saturated carbocycles. The van der Waals surface area contributed by atoms with E-state index in [0.29, 0.717) is 12.3 Å². The van der Waals surface area contributed by atoms with Crippen molar-refractivity contribution in [3.63, 3.8) is 0 Å². The van der Waals surface area contributed by atoms with Gasteiger partial charge < -0.3 is 4.74 Å². The highest BCUT2D eigenvalue weighted by Gasteiger charge is 2.06. The summed E-state index contributed by atoms with van der Waals surface area (Å²) in [5, 5.41) is 4.27. The summed E-state index contributed by atoms with van der Waals surface area (Å²) in [7, 11) is 0. The molecular weight excluding hydrogens is 264 g/mol. The Morgan fingerprint density at radius 2 is 2.00 bits per heavy atom. The Hall–Kier alpha value is -1.81. The van der Waals surface area contributed by atoms with E-state index in [1.807, 2.05) is 38.1 Å². The second kappa shape index (κ2) is 5.89. The lowest BCUT2D eigenvalue weighted by Gasteiger charge is -2.11. The molecule has 19 heavy (non-hydrogen) atoms. The summed E-state index contributed by atoms with van der Waals surface area (Å²) in [6, 6.07) is 9.08. The Morgan fingerprint density at radius 3 is 2.58 bits per heavy atom. The molecule has 0 aliphatic heterocycles. The summed E-state index contributed by atoms with van der Waals surface area (Å²) in [5.74, 6) is 0.915. The number of alkyl halides is 1. The number of aromatic nitrogens is 2. The Kier molecular flexibility index (Phi) is 4.22. The van der Waals surface area contributed by atoms with Crippen LogP contribution in [-0.4, -0.2) is 16.4 Å². The molecule has 0 aliphatic carbocycles. The molecule has 5 heteroatoms. The predicted octanol–water partition coefficient (Wildman–Crippen LogP) is 2.68. The Bertz CT molecular complexity index is 620. The first-order chi connectivity index (χ1) is 9.15. The zero-order valence-electron chi connectivity index (χ0n) is 10.9. The van der Waals surface area contributed by atoms with Crippen LogP contribution < -0.4 is 10.2 Å². The molecule has 0 N–H and O–H groups in total. The molecule has 1 heterocycles. The number of halogens is 1. The molecule has 1 aromatic carbocycles. The van der Waals surface area contributed by atoms with Crippen molar-refractivity contribution in [3.05, 3.63) is 51.9 Å². The van der Waals surface area contributed by atoms with Crippen molar-refractivity contribution in [2.24, 2.45) is 0 Å². The first-order valence-electron chi connectivity index (χ1n) is 6.04. The molecule has 0 saturated heterocycles. The van der Waals surface area contributed by atoms with Crippen LogP contribution >= 0.6 is 11.6 Å². The number of aryl methyl sites for hydroxylation is 1. The zero-order valence-corrected chi connectivity index (χ0v) is 11.6. The van der Waals surface area contributed by atoms with E-state index >= 15 is 0 Å². The Balaban J connectivity index is 2.43. The molecule has 0 amide bonds. The summed E-state index contributed by atoms with van der Waals surface area (Å²) in [5.41, 5.74) is 1.85. The van der Waals surface area contributed by atoms with E-state index in [1.54, 1.807) is 10.7 Å². The maximum Gasteiger partial charge on any atom is 0.204 e. The highest BCUT2D eigenvalue weighted by atomic mass is 35.5. The number of rotatable bonds is 4. The van der Waals surface area contributed by atoms with Gasteiger partial charge in [0.2, 0.25) is 5.43 Å². The molecule has 0 unspecified atom stereocenters. The third-order valence-corrected chi connectivity index (χ3v) is 2.95. The third-order valence-electron chi connectivity index (χ3n) is 2.70. The molecule has 2 rings (SSSR count). The van der Waals surface area contributed by atoms with Gasteiger partial charge in [-0.15, -0.1) is 11.6 Å². The van der Waals surface area contributed by atoms with Gasteiger partial charge >= 0.3 is 0 Å². The molecule has 0 bridgehead atoms. The predicted molar refractivity (Wildman–Crippen MR) is 75.3 cm³/mol. The molecule has 4 nitrogen and oxygen atoms in total. The normalized spacial score (nSPS) is 10.5. The summed E-state index contributed by atoms with van der Waals surface area (Å²) in [6.45, 7) is 4.40. The molecule has 0 fully saturated rings. The average molecular weight is 279 g/mol. The van der Waals surface area contributed by atoms with Crippen molar-refractivity contribution in [3.8, 4) is 11.4 Å². The molecule has 100 valence electrons. The second-order valence-corrected chi connectivity index (χ2v) is 4.34. The number of hydrogen-bond donors (Lipinski definition) is 0. The molecule has 2 aromatic rings. The van der Waals surface area contributed by atoms with Gasteiger partial charge in [-0.25, -0.2) is 4.68 Å². The van der Waals surface area contributed by atoms with Crippen molar-refractivity contribution in [2.75, 3.05) is 6.61 Å². The van der Waals surface area contributed by atoms with Crippen LogP contribution in [0.2, 0.25) is 0 Å². The van der Waals surface area contributed by atoms with Gasteiger partial charge in [-0.05, 0) is 38.1 Å². The third kappa shape index (κ3) is 2.96. The molecular formula is C14H15ClN2O2. The zero-order chi connectivity index (χ0) is 13.8. The first kappa shape index (κ1) is 13.6. The minimum atomic E-state index is -0.130. The quantitative estimate of drug-likeness (QED) is 0.808. The van der Waals surface area contributed by atoms with E-state index in [4.69, 9.17) is 16.3 Å². The van der Waals surface area contributed by atoms with Gasteiger partial charge in [0.25, 0.3) is 0 Å². The summed E-state index contributed by atoms with van der Waals surface area (Å²) in [6.07, 6.45) is 0. The number of nitrogens with zero attached hydrogens (tertiary/aromatic N) is 2. The van der Waals surface area contributed by atoms with Gasteiger partial charge in [0, 0.05) is 11.8 Å². The lowest BCUT2D eigenvalue weighted by molar-refractivity contribution is 0.340. The van der Waals surface area contributed by atoms with Gasteiger partial charge in [-0.3, -0.25) is 4.79 Å². The van der Waals surface area contributed by atoms with Crippen molar-refractivity contribution >= 4 is 11.6 Å². The highest BCUT2D eigenvalue weighted by Crippen LogP contribution is 2.15. The molecule has 1 aromatic heterocycles. The number of benzene rings is 1. The van der Waals surface area contributed by atoms with Crippen LogP contribution in [0.5, 0.6) is 5.75 Å². The van der Waals surface area contributed by atoms with Crippen LogP contribution in [0.1, 0.15) is 18.3 Å². The monoisotopic (exact) mass is 278 g/mol. The first-order valence-corrected chi connectivity index (χ1v) is 6.58. The van der Waals surface area contributed by atoms with E-state index in [-0.39, 0.29) is 11.3 Å². The van der Waals surface area contributed by atoms with Crippen LogP contribution in [0.25, 0.3) is 5.69 Å². The number of hydrogen-bond acceptors (Lipinski definition) is 3. The van der Waals surface area contributed by atoms with Crippen molar-refractivity contribution in [1.29, 1.82) is 0 Å². The minimum Gasteiger partial charge on any atom is -0.494 e. The fourth-order valence-electron chi connectivity index (χ4n) is 1.79. The minimum absolute atomic E-state index is 0.107. The highest BCUT2D eigenvalue weighted by molar-refractivity contribution is 6.16. The van der Waals surface area contributed by atoms with Crippen molar-refractivity contribution < 1.29 is 4.74 Å². The Labute approximate surface area is 116 Å². The van der Waals surface area contributed by atoms with Crippen LogP contribution in [0.15, 0.2) is 35.1 Å². The van der Waals surface area contributed by atoms with E-state index in [0.717, 1.165) is 17.1 Å². The fraction of sp³-hybridized carbons (Fsp3) is 0.286. The van der Waals surface area contributed by atoms with E-state index < -0.39 is 0 Å². The summed E-state index contributed by atoms with van der Waals surface area (Å²) >= 11 is 5.71. The van der Waals surface area contributed by atoms with Gasteiger partial charge in [0.05, 0.1) is 18.2 Å². The van der Waals surface area contributed by atoms with Crippen LogP contribution in [0.3, 0.4) is 0 Å². The van der Waals surface area contributed by atoms with E-state index in [2.05, 4.69) is 5.10 Å². The SMILES string of the molecule is CCOc1ccc(-n2nc(CCl)c(=O)cc2C)cc1. The van der Waals surface area contributed by atoms with Crippen molar-refractivity contribution in [2.45, 2.75) is 19.7 Å². The van der Waals surface area contributed by atoms with E-state index in [1.165, 1.54) is 0 Å².